The Balaban J connectivity index is 1.97. The fourth-order valence-corrected chi connectivity index (χ4v) is 3.66. The number of aromatic amines is 1. The summed E-state index contributed by atoms with van der Waals surface area (Å²) in [5, 5.41) is 1.05. The Labute approximate surface area is 139 Å². The van der Waals surface area contributed by atoms with Crippen molar-refractivity contribution in [3.8, 4) is 0 Å². The molecule has 0 radical (unpaired) electrons. The molecule has 1 aromatic heterocycles. The molecule has 120 valence electrons. The third-order valence-electron chi connectivity index (χ3n) is 4.60. The van der Waals surface area contributed by atoms with Crippen LogP contribution in [0.15, 0.2) is 48.5 Å². The lowest BCUT2D eigenvalue weighted by Gasteiger charge is -2.25. The average Bonchev–Trinajstić information content (AvgIpc) is 3.02. The summed E-state index contributed by atoms with van der Waals surface area (Å²) < 4.78 is 0. The monoisotopic (exact) mass is 319 g/mol. The second-order valence-corrected chi connectivity index (χ2v) is 6.10. The van der Waals surface area contributed by atoms with E-state index in [9.17, 15) is 9.59 Å². The van der Waals surface area contributed by atoms with E-state index in [1.165, 1.54) is 0 Å². The van der Waals surface area contributed by atoms with Crippen LogP contribution >= 0.6 is 0 Å². The molecule has 2 amide bonds. The van der Waals surface area contributed by atoms with Gasteiger partial charge in [-0.15, -0.1) is 0 Å². The van der Waals surface area contributed by atoms with Gasteiger partial charge in [0.25, 0.3) is 5.91 Å². The van der Waals surface area contributed by atoms with Crippen molar-refractivity contribution in [2.24, 2.45) is 5.73 Å². The number of rotatable bonds is 3. The third kappa shape index (κ3) is 2.01. The van der Waals surface area contributed by atoms with E-state index in [0.29, 0.717) is 5.56 Å². The van der Waals surface area contributed by atoms with Crippen LogP contribution in [0.1, 0.15) is 33.2 Å². The molecule has 1 atom stereocenters. The van der Waals surface area contributed by atoms with Crippen molar-refractivity contribution in [1.82, 2.24) is 9.88 Å². The highest BCUT2D eigenvalue weighted by atomic mass is 16.2. The molecule has 4 rings (SSSR count). The van der Waals surface area contributed by atoms with E-state index in [1.54, 1.807) is 11.0 Å². The second kappa shape index (κ2) is 5.23. The first-order valence-corrected chi connectivity index (χ1v) is 7.83. The Morgan fingerprint density at radius 1 is 1.17 bits per heavy atom. The first-order chi connectivity index (χ1) is 11.6. The molecule has 24 heavy (non-hydrogen) atoms. The summed E-state index contributed by atoms with van der Waals surface area (Å²) in [6, 6.07) is 15.2. The van der Waals surface area contributed by atoms with Crippen LogP contribution in [0.25, 0.3) is 10.9 Å². The van der Waals surface area contributed by atoms with Crippen LogP contribution in [0, 0.1) is 6.92 Å². The number of H-pyrrole nitrogens is 1. The maximum Gasteiger partial charge on any atom is 0.255 e. The number of carbonyl (C=O) groups excluding carboxylic acids is 2. The first-order valence-electron chi connectivity index (χ1n) is 7.83. The number of fused-ring (bicyclic) bond motifs is 2. The van der Waals surface area contributed by atoms with Crippen molar-refractivity contribution >= 4 is 22.7 Å². The van der Waals surface area contributed by atoms with Crippen LogP contribution in [0.2, 0.25) is 0 Å². The van der Waals surface area contributed by atoms with Gasteiger partial charge in [0.05, 0.1) is 6.04 Å². The van der Waals surface area contributed by atoms with Gasteiger partial charge in [-0.2, -0.15) is 0 Å². The Bertz CT molecular complexity index is 974. The molecule has 0 saturated carbocycles. The maximum absolute atomic E-state index is 12.8. The number of carbonyl (C=O) groups is 2. The zero-order valence-corrected chi connectivity index (χ0v) is 13.2. The van der Waals surface area contributed by atoms with Gasteiger partial charge in [-0.1, -0.05) is 36.4 Å². The van der Waals surface area contributed by atoms with E-state index in [4.69, 9.17) is 5.73 Å². The smallest absolute Gasteiger partial charge is 0.255 e. The largest absolute Gasteiger partial charge is 0.368 e. The zero-order chi connectivity index (χ0) is 16.8. The number of hydrogen-bond donors (Lipinski definition) is 2. The average molecular weight is 319 g/mol. The van der Waals surface area contributed by atoms with Crippen molar-refractivity contribution in [1.29, 1.82) is 0 Å². The highest BCUT2D eigenvalue weighted by Gasteiger charge is 2.39. The molecular weight excluding hydrogens is 302 g/mol. The molecule has 1 aliphatic rings. The number of primary amides is 1. The number of nitrogens with zero attached hydrogens (tertiary/aromatic N) is 1. The second-order valence-electron chi connectivity index (χ2n) is 6.10. The number of nitrogens with two attached hydrogens (primary N) is 1. The van der Waals surface area contributed by atoms with Gasteiger partial charge in [-0.05, 0) is 24.6 Å². The summed E-state index contributed by atoms with van der Waals surface area (Å²) in [4.78, 5) is 29.3. The van der Waals surface area contributed by atoms with Crippen LogP contribution in [0.5, 0.6) is 0 Å². The van der Waals surface area contributed by atoms with Crippen molar-refractivity contribution in [3.05, 3.63) is 70.9 Å². The minimum absolute atomic E-state index is 0.100. The molecule has 0 saturated heterocycles. The molecule has 0 bridgehead atoms. The van der Waals surface area contributed by atoms with Gasteiger partial charge < -0.3 is 15.6 Å². The molecule has 3 aromatic rings. The lowest BCUT2D eigenvalue weighted by atomic mass is 9.95. The first kappa shape index (κ1) is 14.5. The van der Waals surface area contributed by atoms with Gasteiger partial charge in [0.1, 0.15) is 6.54 Å². The molecule has 0 fully saturated rings. The molecule has 0 spiro atoms. The molecular formula is C19H17N3O2. The van der Waals surface area contributed by atoms with Crippen LogP contribution in [-0.4, -0.2) is 28.2 Å². The number of aromatic nitrogens is 1. The molecule has 1 aliphatic heterocycles. The number of para-hydroxylation sites is 1. The van der Waals surface area contributed by atoms with E-state index >= 15 is 0 Å². The SMILES string of the molecule is Cc1[nH]c2ccccc2c1[C@@H]1c2ccccc2C(=O)N1CC(N)=O. The summed E-state index contributed by atoms with van der Waals surface area (Å²) in [5.41, 5.74) is 9.96. The number of benzene rings is 2. The molecule has 5 nitrogen and oxygen atoms in total. The highest BCUT2D eigenvalue weighted by Crippen LogP contribution is 2.42. The van der Waals surface area contributed by atoms with Gasteiger partial charge in [-0.25, -0.2) is 0 Å². The topological polar surface area (TPSA) is 79.2 Å². The fraction of sp³-hybridized carbons (Fsp3) is 0.158. The van der Waals surface area contributed by atoms with E-state index in [1.807, 2.05) is 49.4 Å². The number of aryl methyl sites for hydroxylation is 1. The predicted octanol–water partition coefficient (Wildman–Crippen LogP) is 2.51. The standard InChI is InChI=1S/C19H17N3O2/c1-11-17(14-8-4-5-9-15(14)21-11)18-12-6-2-3-7-13(12)19(24)22(18)10-16(20)23/h2-9,18,21H,10H2,1H3,(H2,20,23)/t18-/m0/s1. The van der Waals surface area contributed by atoms with Crippen molar-refractivity contribution < 1.29 is 9.59 Å². The Morgan fingerprint density at radius 2 is 1.88 bits per heavy atom. The van der Waals surface area contributed by atoms with Gasteiger partial charge in [0.15, 0.2) is 0 Å². The number of amides is 2. The van der Waals surface area contributed by atoms with Crippen LogP contribution in [0.4, 0.5) is 0 Å². The number of hydrogen-bond acceptors (Lipinski definition) is 2. The van der Waals surface area contributed by atoms with Gasteiger partial charge in [-0.3, -0.25) is 9.59 Å². The van der Waals surface area contributed by atoms with Crippen LogP contribution < -0.4 is 5.73 Å². The minimum atomic E-state index is -0.515. The van der Waals surface area contributed by atoms with Crippen molar-refractivity contribution in [2.45, 2.75) is 13.0 Å². The molecule has 0 aliphatic carbocycles. The summed E-state index contributed by atoms with van der Waals surface area (Å²) in [7, 11) is 0. The van der Waals surface area contributed by atoms with Crippen LogP contribution in [0.3, 0.4) is 0 Å². The van der Waals surface area contributed by atoms with Crippen molar-refractivity contribution in [2.75, 3.05) is 6.54 Å². The zero-order valence-electron chi connectivity index (χ0n) is 13.2. The van der Waals surface area contributed by atoms with Gasteiger partial charge in [0, 0.05) is 27.7 Å². The molecule has 2 heterocycles. The molecule has 5 heteroatoms. The lowest BCUT2D eigenvalue weighted by molar-refractivity contribution is -0.118. The number of nitrogens with one attached hydrogen (secondary N) is 1. The lowest BCUT2D eigenvalue weighted by Crippen LogP contribution is -2.37. The molecule has 3 N–H and O–H groups in total. The van der Waals surface area contributed by atoms with Gasteiger partial charge in [0.2, 0.25) is 5.91 Å². The van der Waals surface area contributed by atoms with E-state index in [0.717, 1.165) is 27.7 Å². The molecule has 0 unspecified atom stereocenters. The predicted molar refractivity (Wildman–Crippen MR) is 91.6 cm³/mol. The van der Waals surface area contributed by atoms with E-state index in [-0.39, 0.29) is 18.5 Å². The van der Waals surface area contributed by atoms with Gasteiger partial charge >= 0.3 is 0 Å². The Hall–Kier alpha value is -3.08. The summed E-state index contributed by atoms with van der Waals surface area (Å²) >= 11 is 0. The summed E-state index contributed by atoms with van der Waals surface area (Å²) in [6.45, 7) is 1.89. The Morgan fingerprint density at radius 3 is 2.67 bits per heavy atom. The summed E-state index contributed by atoms with van der Waals surface area (Å²) in [6.07, 6.45) is 0. The van der Waals surface area contributed by atoms with Crippen LogP contribution in [-0.2, 0) is 4.79 Å². The minimum Gasteiger partial charge on any atom is -0.368 e. The van der Waals surface area contributed by atoms with E-state index < -0.39 is 5.91 Å². The fourth-order valence-electron chi connectivity index (χ4n) is 3.66. The molecule has 2 aromatic carbocycles. The normalized spacial score (nSPS) is 16.6. The third-order valence-corrected chi connectivity index (χ3v) is 4.60. The quantitative estimate of drug-likeness (QED) is 0.778. The van der Waals surface area contributed by atoms with E-state index in [2.05, 4.69) is 4.98 Å². The Kier molecular flexibility index (Phi) is 3.16. The van der Waals surface area contributed by atoms with Crippen molar-refractivity contribution in [3.63, 3.8) is 0 Å². The summed E-state index contributed by atoms with van der Waals surface area (Å²) in [5.74, 6) is -0.669. The maximum atomic E-state index is 12.8. The highest BCUT2D eigenvalue weighted by molar-refractivity contribution is 6.02.